The first-order valence-corrected chi connectivity index (χ1v) is 7.29. The van der Waals surface area contributed by atoms with Gasteiger partial charge in [0.05, 0.1) is 24.4 Å². The standard InChI is InChI=1S/C16H14N6O2/c1-9-12(16(23)24-2)7-22-14(9)15(17-8-19-22)20-11-4-3-10-6-18-21-13(10)5-11/h3-8H,1-2H3,(H,18,21)(H,17,19,20). The highest BCUT2D eigenvalue weighted by atomic mass is 16.5. The maximum absolute atomic E-state index is 11.9. The lowest BCUT2D eigenvalue weighted by Crippen LogP contribution is -2.01. The van der Waals surface area contributed by atoms with E-state index in [1.807, 2.05) is 25.1 Å². The zero-order chi connectivity index (χ0) is 16.7. The molecular formula is C16H14N6O2. The summed E-state index contributed by atoms with van der Waals surface area (Å²) >= 11 is 0. The molecule has 4 aromatic rings. The topological polar surface area (TPSA) is 97.2 Å². The van der Waals surface area contributed by atoms with Crippen molar-refractivity contribution in [1.82, 2.24) is 24.8 Å². The van der Waals surface area contributed by atoms with Crippen LogP contribution in [0, 0.1) is 6.92 Å². The summed E-state index contributed by atoms with van der Waals surface area (Å²) in [7, 11) is 1.36. The molecule has 0 amide bonds. The number of carbonyl (C=O) groups excluding carboxylic acids is 1. The Morgan fingerprint density at radius 1 is 1.38 bits per heavy atom. The maximum Gasteiger partial charge on any atom is 0.339 e. The number of methoxy groups -OCH3 is 1. The lowest BCUT2D eigenvalue weighted by atomic mass is 10.2. The number of carbonyl (C=O) groups is 1. The Labute approximate surface area is 136 Å². The van der Waals surface area contributed by atoms with Gasteiger partial charge in [0.1, 0.15) is 11.8 Å². The summed E-state index contributed by atoms with van der Waals surface area (Å²) in [4.78, 5) is 16.2. The van der Waals surface area contributed by atoms with Crippen LogP contribution in [0.15, 0.2) is 36.9 Å². The average molecular weight is 322 g/mol. The van der Waals surface area contributed by atoms with Crippen LogP contribution in [0.2, 0.25) is 0 Å². The van der Waals surface area contributed by atoms with Crippen molar-refractivity contribution in [2.45, 2.75) is 6.92 Å². The van der Waals surface area contributed by atoms with Gasteiger partial charge in [0.25, 0.3) is 0 Å². The van der Waals surface area contributed by atoms with Crippen LogP contribution < -0.4 is 5.32 Å². The quantitative estimate of drug-likeness (QED) is 0.562. The number of aromatic nitrogens is 5. The van der Waals surface area contributed by atoms with Gasteiger partial charge in [0.2, 0.25) is 0 Å². The molecule has 0 radical (unpaired) electrons. The Balaban J connectivity index is 1.81. The van der Waals surface area contributed by atoms with Crippen molar-refractivity contribution < 1.29 is 9.53 Å². The van der Waals surface area contributed by atoms with E-state index in [0.29, 0.717) is 11.4 Å². The number of hydrogen-bond donors (Lipinski definition) is 2. The molecule has 0 aliphatic carbocycles. The third-order valence-corrected chi connectivity index (χ3v) is 3.94. The van der Waals surface area contributed by atoms with Crippen molar-refractivity contribution in [3.63, 3.8) is 0 Å². The molecule has 4 rings (SSSR count). The molecule has 0 saturated carbocycles. The van der Waals surface area contributed by atoms with Gasteiger partial charge in [0, 0.05) is 17.3 Å². The van der Waals surface area contributed by atoms with Gasteiger partial charge < -0.3 is 10.1 Å². The van der Waals surface area contributed by atoms with E-state index in [1.54, 1.807) is 16.9 Å². The molecule has 3 aromatic heterocycles. The number of benzene rings is 1. The number of nitrogens with zero attached hydrogens (tertiary/aromatic N) is 4. The molecule has 0 bridgehead atoms. The van der Waals surface area contributed by atoms with E-state index >= 15 is 0 Å². The Morgan fingerprint density at radius 3 is 3.08 bits per heavy atom. The Hall–Kier alpha value is -3.42. The predicted octanol–water partition coefficient (Wildman–Crippen LogP) is 2.44. The fraction of sp³-hybridized carbons (Fsp3) is 0.125. The molecule has 0 spiro atoms. The smallest absolute Gasteiger partial charge is 0.339 e. The molecule has 0 unspecified atom stereocenters. The summed E-state index contributed by atoms with van der Waals surface area (Å²) < 4.78 is 6.43. The molecule has 0 saturated heterocycles. The summed E-state index contributed by atoms with van der Waals surface area (Å²) in [6, 6.07) is 5.85. The van der Waals surface area contributed by atoms with Gasteiger partial charge in [-0.2, -0.15) is 10.2 Å². The van der Waals surface area contributed by atoms with Crippen LogP contribution in [-0.2, 0) is 4.74 Å². The number of anilines is 2. The average Bonchev–Trinajstić information content (AvgIpc) is 3.19. The summed E-state index contributed by atoms with van der Waals surface area (Å²) in [5.74, 6) is 0.208. The monoisotopic (exact) mass is 322 g/mol. The summed E-state index contributed by atoms with van der Waals surface area (Å²) in [6.45, 7) is 1.84. The van der Waals surface area contributed by atoms with Gasteiger partial charge >= 0.3 is 5.97 Å². The molecule has 0 fully saturated rings. The fourth-order valence-electron chi connectivity index (χ4n) is 2.72. The second kappa shape index (κ2) is 5.34. The van der Waals surface area contributed by atoms with Gasteiger partial charge in [-0.15, -0.1) is 0 Å². The van der Waals surface area contributed by atoms with Crippen molar-refractivity contribution in [3.8, 4) is 0 Å². The highest BCUT2D eigenvalue weighted by Crippen LogP contribution is 2.26. The summed E-state index contributed by atoms with van der Waals surface area (Å²) in [5, 5.41) is 15.4. The van der Waals surface area contributed by atoms with Crippen LogP contribution in [0.3, 0.4) is 0 Å². The van der Waals surface area contributed by atoms with Crippen LogP contribution in [-0.4, -0.2) is 37.9 Å². The molecule has 0 aliphatic rings. The second-order valence-electron chi connectivity index (χ2n) is 5.36. The lowest BCUT2D eigenvalue weighted by Gasteiger charge is -2.08. The largest absolute Gasteiger partial charge is 0.465 e. The van der Waals surface area contributed by atoms with Crippen LogP contribution in [0.5, 0.6) is 0 Å². The molecule has 120 valence electrons. The second-order valence-corrected chi connectivity index (χ2v) is 5.36. The highest BCUT2D eigenvalue weighted by molar-refractivity contribution is 5.95. The van der Waals surface area contributed by atoms with Crippen molar-refractivity contribution in [3.05, 3.63) is 48.0 Å². The van der Waals surface area contributed by atoms with Crippen molar-refractivity contribution in [2.24, 2.45) is 0 Å². The maximum atomic E-state index is 11.9. The number of nitrogens with one attached hydrogen (secondary N) is 2. The van der Waals surface area contributed by atoms with Gasteiger partial charge in [-0.3, -0.25) is 5.10 Å². The molecule has 24 heavy (non-hydrogen) atoms. The normalized spacial score (nSPS) is 11.1. The van der Waals surface area contributed by atoms with Crippen LogP contribution >= 0.6 is 0 Å². The van der Waals surface area contributed by atoms with E-state index in [0.717, 1.165) is 27.7 Å². The summed E-state index contributed by atoms with van der Waals surface area (Å²) in [5.41, 5.74) is 3.72. The van der Waals surface area contributed by atoms with Crippen molar-refractivity contribution in [1.29, 1.82) is 0 Å². The van der Waals surface area contributed by atoms with E-state index in [1.165, 1.54) is 13.4 Å². The van der Waals surface area contributed by atoms with Crippen molar-refractivity contribution >= 4 is 33.9 Å². The molecular weight excluding hydrogens is 308 g/mol. The lowest BCUT2D eigenvalue weighted by molar-refractivity contribution is 0.0600. The Bertz CT molecular complexity index is 1060. The first kappa shape index (κ1) is 14.2. The van der Waals surface area contributed by atoms with E-state index in [2.05, 4.69) is 25.6 Å². The number of fused-ring (bicyclic) bond motifs is 2. The van der Waals surface area contributed by atoms with Gasteiger partial charge in [-0.25, -0.2) is 14.3 Å². The number of H-pyrrole nitrogens is 1. The third kappa shape index (κ3) is 2.16. The van der Waals surface area contributed by atoms with Crippen LogP contribution in [0.4, 0.5) is 11.5 Å². The third-order valence-electron chi connectivity index (χ3n) is 3.94. The van der Waals surface area contributed by atoms with E-state index in [4.69, 9.17) is 4.74 Å². The Kier molecular flexibility index (Phi) is 3.16. The number of esters is 1. The zero-order valence-corrected chi connectivity index (χ0v) is 13.1. The zero-order valence-electron chi connectivity index (χ0n) is 13.1. The van der Waals surface area contributed by atoms with E-state index in [9.17, 15) is 4.79 Å². The first-order chi connectivity index (χ1) is 11.7. The predicted molar refractivity (Wildman–Crippen MR) is 88.4 cm³/mol. The number of hydrogen-bond acceptors (Lipinski definition) is 6. The fourth-order valence-corrected chi connectivity index (χ4v) is 2.72. The minimum Gasteiger partial charge on any atom is -0.465 e. The minimum absolute atomic E-state index is 0.400. The number of rotatable bonds is 3. The van der Waals surface area contributed by atoms with E-state index in [-0.39, 0.29) is 0 Å². The van der Waals surface area contributed by atoms with Gasteiger partial charge in [0.15, 0.2) is 5.82 Å². The number of aromatic amines is 1. The van der Waals surface area contributed by atoms with E-state index < -0.39 is 5.97 Å². The van der Waals surface area contributed by atoms with Crippen LogP contribution in [0.1, 0.15) is 15.9 Å². The molecule has 8 heteroatoms. The first-order valence-electron chi connectivity index (χ1n) is 7.29. The molecule has 8 nitrogen and oxygen atoms in total. The SMILES string of the molecule is COC(=O)c1cn2ncnc(Nc3ccc4cn[nH]c4c3)c2c1C. The van der Waals surface area contributed by atoms with Crippen molar-refractivity contribution in [2.75, 3.05) is 12.4 Å². The molecule has 0 atom stereocenters. The molecule has 2 N–H and O–H groups in total. The molecule has 1 aromatic carbocycles. The molecule has 0 aliphatic heterocycles. The van der Waals surface area contributed by atoms with Gasteiger partial charge in [-0.05, 0) is 30.7 Å². The molecule has 3 heterocycles. The minimum atomic E-state index is -0.400. The Morgan fingerprint density at radius 2 is 2.25 bits per heavy atom. The highest BCUT2D eigenvalue weighted by Gasteiger charge is 2.18. The number of ether oxygens (including phenoxy) is 1. The summed E-state index contributed by atoms with van der Waals surface area (Å²) in [6.07, 6.45) is 4.84. The van der Waals surface area contributed by atoms with Crippen LogP contribution in [0.25, 0.3) is 16.4 Å². The number of aryl methyl sites for hydroxylation is 1. The van der Waals surface area contributed by atoms with Gasteiger partial charge in [-0.1, -0.05) is 0 Å².